The molecular formula is C21H43BrO3Si. The van der Waals surface area contributed by atoms with Crippen molar-refractivity contribution in [2.75, 3.05) is 0 Å². The number of ether oxygens (including phenoxy) is 1. The van der Waals surface area contributed by atoms with Crippen LogP contribution in [0.15, 0.2) is 0 Å². The molecule has 0 saturated heterocycles. The largest absolute Gasteiger partial charge is 0.412 e. The van der Waals surface area contributed by atoms with Gasteiger partial charge in [0, 0.05) is 10.2 Å². The third-order valence-electron chi connectivity index (χ3n) is 6.71. The second-order valence-corrected chi connectivity index (χ2v) is 16.6. The molecule has 1 rings (SSSR count). The predicted molar refractivity (Wildman–Crippen MR) is 118 cm³/mol. The topological polar surface area (TPSA) is 38.7 Å². The van der Waals surface area contributed by atoms with Gasteiger partial charge in [0.2, 0.25) is 8.32 Å². The first kappa shape index (κ1) is 24.6. The number of alkyl halides is 1. The van der Waals surface area contributed by atoms with E-state index in [1.807, 2.05) is 6.92 Å². The van der Waals surface area contributed by atoms with Crippen LogP contribution in [0.25, 0.3) is 0 Å². The summed E-state index contributed by atoms with van der Waals surface area (Å²) in [5, 5.41) is 9.90. The first-order chi connectivity index (χ1) is 11.8. The van der Waals surface area contributed by atoms with E-state index >= 15 is 0 Å². The quantitative estimate of drug-likeness (QED) is 0.348. The summed E-state index contributed by atoms with van der Waals surface area (Å²) in [5.74, 6) is 0. The van der Waals surface area contributed by atoms with E-state index in [-0.39, 0.29) is 23.7 Å². The SMILES string of the molecule is CC(C)[Si](O[C@@H]1C[C@H](Br)C[C@@H](O[C@@H](C)[C@@H](C)O)C1(C)C)(C(C)C)C(C)C. The molecular weight excluding hydrogens is 408 g/mol. The Labute approximate surface area is 171 Å². The van der Waals surface area contributed by atoms with E-state index in [1.165, 1.54) is 0 Å². The first-order valence-electron chi connectivity index (χ1n) is 10.4. The second-order valence-electron chi connectivity index (χ2n) is 9.88. The van der Waals surface area contributed by atoms with Gasteiger partial charge in [-0.2, -0.15) is 0 Å². The summed E-state index contributed by atoms with van der Waals surface area (Å²) < 4.78 is 13.5. The van der Waals surface area contributed by atoms with Crippen molar-refractivity contribution >= 4 is 24.2 Å². The maximum absolute atomic E-state index is 9.90. The van der Waals surface area contributed by atoms with Crippen molar-refractivity contribution in [2.45, 2.75) is 128 Å². The zero-order chi connectivity index (χ0) is 20.4. The number of aliphatic hydroxyl groups excluding tert-OH is 1. The van der Waals surface area contributed by atoms with Crippen LogP contribution in [-0.2, 0) is 9.16 Å². The molecule has 0 unspecified atom stereocenters. The van der Waals surface area contributed by atoms with Crippen LogP contribution in [0.1, 0.15) is 82.1 Å². The van der Waals surface area contributed by atoms with Crippen LogP contribution >= 0.6 is 15.9 Å². The molecule has 3 nitrogen and oxygen atoms in total. The van der Waals surface area contributed by atoms with E-state index in [0.717, 1.165) is 12.8 Å². The average molecular weight is 452 g/mol. The monoisotopic (exact) mass is 450 g/mol. The lowest BCUT2D eigenvalue weighted by Gasteiger charge is -2.53. The summed E-state index contributed by atoms with van der Waals surface area (Å²) in [7, 11) is -1.95. The molecule has 0 amide bonds. The molecule has 1 aliphatic rings. The van der Waals surface area contributed by atoms with Gasteiger partial charge in [0.15, 0.2) is 0 Å². The third kappa shape index (κ3) is 5.14. The van der Waals surface area contributed by atoms with Crippen molar-refractivity contribution in [1.82, 2.24) is 0 Å². The van der Waals surface area contributed by atoms with Crippen molar-refractivity contribution < 1.29 is 14.3 Å². The maximum atomic E-state index is 9.90. The Kier molecular flexibility index (Phi) is 8.88. The van der Waals surface area contributed by atoms with Crippen LogP contribution in [0.5, 0.6) is 0 Å². The van der Waals surface area contributed by atoms with E-state index in [1.54, 1.807) is 6.92 Å². The number of aliphatic hydroxyl groups is 1. The minimum absolute atomic E-state index is 0.0772. The molecule has 156 valence electrons. The van der Waals surface area contributed by atoms with E-state index in [9.17, 15) is 5.11 Å². The minimum atomic E-state index is -1.95. The third-order valence-corrected chi connectivity index (χ3v) is 13.6. The molecule has 26 heavy (non-hydrogen) atoms. The highest BCUT2D eigenvalue weighted by molar-refractivity contribution is 9.09. The summed E-state index contributed by atoms with van der Waals surface area (Å²) in [5.41, 5.74) is 1.64. The Hall–Kier alpha value is 0.577. The van der Waals surface area contributed by atoms with Gasteiger partial charge in [-0.05, 0) is 43.3 Å². The van der Waals surface area contributed by atoms with Gasteiger partial charge < -0.3 is 14.3 Å². The normalized spacial score (nSPS) is 29.4. The molecule has 1 N–H and O–H groups in total. The summed E-state index contributed by atoms with van der Waals surface area (Å²) in [6, 6.07) is 0. The fourth-order valence-corrected chi connectivity index (χ4v) is 11.2. The Bertz CT molecular complexity index is 415. The number of hydrogen-bond donors (Lipinski definition) is 1. The molecule has 0 bridgehead atoms. The molecule has 5 atom stereocenters. The smallest absolute Gasteiger partial charge is 0.200 e. The molecule has 1 saturated carbocycles. The van der Waals surface area contributed by atoms with Crippen LogP contribution in [0, 0.1) is 5.41 Å². The molecule has 0 aromatic heterocycles. The second kappa shape index (κ2) is 9.38. The fourth-order valence-electron chi connectivity index (χ4n) is 4.83. The predicted octanol–water partition coefficient (Wildman–Crippen LogP) is 6.29. The van der Waals surface area contributed by atoms with Crippen molar-refractivity contribution in [3.8, 4) is 0 Å². The lowest BCUT2D eigenvalue weighted by atomic mass is 9.72. The molecule has 0 radical (unpaired) electrons. The van der Waals surface area contributed by atoms with Gasteiger partial charge in [-0.3, -0.25) is 0 Å². The highest BCUT2D eigenvalue weighted by Gasteiger charge is 2.52. The van der Waals surface area contributed by atoms with Crippen LogP contribution < -0.4 is 0 Å². The molecule has 1 fully saturated rings. The Morgan fingerprint density at radius 2 is 1.31 bits per heavy atom. The number of rotatable bonds is 8. The number of hydrogen-bond acceptors (Lipinski definition) is 3. The van der Waals surface area contributed by atoms with Gasteiger partial charge in [-0.1, -0.05) is 71.3 Å². The minimum Gasteiger partial charge on any atom is -0.412 e. The molecule has 1 aliphatic carbocycles. The molecule has 0 aromatic rings. The summed E-state index contributed by atoms with van der Waals surface area (Å²) >= 11 is 3.86. The average Bonchev–Trinajstić information content (AvgIpc) is 2.47. The molecule has 0 heterocycles. The maximum Gasteiger partial charge on any atom is 0.200 e. The van der Waals surface area contributed by atoms with Crippen LogP contribution in [0.3, 0.4) is 0 Å². The van der Waals surface area contributed by atoms with Gasteiger partial charge in [-0.25, -0.2) is 0 Å². The standard InChI is InChI=1S/C21H43BrO3Si/c1-13(2)26(14(3)4,15(5)6)25-20-12-18(22)11-19(21(20,9)10)24-17(8)16(7)23/h13-20,23H,11-12H2,1-10H3/t16-,17+,18-,19-,20-/m1/s1. The van der Waals surface area contributed by atoms with Crippen molar-refractivity contribution in [2.24, 2.45) is 5.41 Å². The van der Waals surface area contributed by atoms with E-state index in [4.69, 9.17) is 9.16 Å². The van der Waals surface area contributed by atoms with Crippen molar-refractivity contribution in [3.05, 3.63) is 0 Å². The number of halogens is 1. The highest BCUT2D eigenvalue weighted by Crippen LogP contribution is 2.49. The summed E-state index contributed by atoms with van der Waals surface area (Å²) in [6.07, 6.45) is 1.61. The summed E-state index contributed by atoms with van der Waals surface area (Å²) in [4.78, 5) is 0.393. The van der Waals surface area contributed by atoms with Crippen molar-refractivity contribution in [3.63, 3.8) is 0 Å². The molecule has 0 aliphatic heterocycles. The lowest BCUT2D eigenvalue weighted by Crippen LogP contribution is -2.58. The van der Waals surface area contributed by atoms with Gasteiger partial charge in [0.05, 0.1) is 24.4 Å². The van der Waals surface area contributed by atoms with E-state index < -0.39 is 14.4 Å². The van der Waals surface area contributed by atoms with Crippen molar-refractivity contribution in [1.29, 1.82) is 0 Å². The Morgan fingerprint density at radius 3 is 1.69 bits per heavy atom. The lowest BCUT2D eigenvalue weighted by molar-refractivity contribution is -0.148. The Morgan fingerprint density at radius 1 is 0.885 bits per heavy atom. The van der Waals surface area contributed by atoms with Crippen LogP contribution in [-0.4, -0.2) is 42.7 Å². The molecule has 5 heteroatoms. The van der Waals surface area contributed by atoms with Gasteiger partial charge in [0.1, 0.15) is 0 Å². The zero-order valence-electron chi connectivity index (χ0n) is 18.7. The highest BCUT2D eigenvalue weighted by atomic mass is 79.9. The van der Waals surface area contributed by atoms with Gasteiger partial charge >= 0.3 is 0 Å². The zero-order valence-corrected chi connectivity index (χ0v) is 21.3. The summed E-state index contributed by atoms with van der Waals surface area (Å²) in [6.45, 7) is 22.4. The van der Waals surface area contributed by atoms with Crippen LogP contribution in [0.2, 0.25) is 16.6 Å². The van der Waals surface area contributed by atoms with E-state index in [0.29, 0.717) is 21.5 Å². The fraction of sp³-hybridized carbons (Fsp3) is 1.00. The van der Waals surface area contributed by atoms with E-state index in [2.05, 4.69) is 71.3 Å². The first-order valence-corrected chi connectivity index (χ1v) is 13.5. The van der Waals surface area contributed by atoms with Crippen LogP contribution in [0.4, 0.5) is 0 Å². The molecule has 0 aromatic carbocycles. The van der Waals surface area contributed by atoms with Gasteiger partial charge in [-0.15, -0.1) is 0 Å². The molecule has 0 spiro atoms. The Balaban J connectivity index is 3.16. The van der Waals surface area contributed by atoms with Gasteiger partial charge in [0.25, 0.3) is 0 Å².